The van der Waals surface area contributed by atoms with Gasteiger partial charge in [-0.25, -0.2) is 4.98 Å². The molecule has 0 N–H and O–H groups in total. The van der Waals surface area contributed by atoms with Gasteiger partial charge in [-0.05, 0) is 23.6 Å². The van der Waals surface area contributed by atoms with E-state index in [0.29, 0.717) is 19.6 Å². The number of benzene rings is 2. The van der Waals surface area contributed by atoms with E-state index in [1.54, 1.807) is 18.2 Å². The van der Waals surface area contributed by atoms with Crippen LogP contribution in [0.15, 0.2) is 60.9 Å². The standard InChI is InChI=1S/C23H25N3O3/c1-25(15-22-24-10-11-26(22)14-17-6-4-3-5-7-17)23(27)19-12-18-8-9-20(28-2)13-21(18)29-16-19/h3-11,13,19H,12,14-16H2,1-2H3/t19-/m1/s1. The van der Waals surface area contributed by atoms with E-state index in [9.17, 15) is 4.79 Å². The average Bonchev–Trinajstić information content (AvgIpc) is 3.19. The summed E-state index contributed by atoms with van der Waals surface area (Å²) in [7, 11) is 3.46. The molecular weight excluding hydrogens is 366 g/mol. The second-order valence-electron chi connectivity index (χ2n) is 7.34. The largest absolute Gasteiger partial charge is 0.497 e. The zero-order valence-corrected chi connectivity index (χ0v) is 16.7. The van der Waals surface area contributed by atoms with Crippen molar-refractivity contribution in [2.75, 3.05) is 20.8 Å². The minimum absolute atomic E-state index is 0.0701. The van der Waals surface area contributed by atoms with Crippen molar-refractivity contribution in [1.82, 2.24) is 14.5 Å². The Balaban J connectivity index is 1.41. The summed E-state index contributed by atoms with van der Waals surface area (Å²) < 4.78 is 13.2. The molecule has 1 aliphatic heterocycles. The smallest absolute Gasteiger partial charge is 0.229 e. The van der Waals surface area contributed by atoms with E-state index in [1.807, 2.05) is 49.6 Å². The molecule has 6 heteroatoms. The molecule has 0 saturated carbocycles. The summed E-state index contributed by atoms with van der Waals surface area (Å²) in [6.07, 6.45) is 4.40. The minimum Gasteiger partial charge on any atom is -0.497 e. The summed E-state index contributed by atoms with van der Waals surface area (Å²) in [6.45, 7) is 1.58. The number of fused-ring (bicyclic) bond motifs is 1. The van der Waals surface area contributed by atoms with Crippen molar-refractivity contribution in [2.24, 2.45) is 5.92 Å². The molecule has 0 spiro atoms. The number of carbonyl (C=O) groups excluding carboxylic acids is 1. The van der Waals surface area contributed by atoms with Gasteiger partial charge in [0, 0.05) is 32.1 Å². The van der Waals surface area contributed by atoms with Gasteiger partial charge in [-0.15, -0.1) is 0 Å². The predicted molar refractivity (Wildman–Crippen MR) is 110 cm³/mol. The second-order valence-corrected chi connectivity index (χ2v) is 7.34. The van der Waals surface area contributed by atoms with Gasteiger partial charge in [-0.1, -0.05) is 36.4 Å². The molecule has 4 rings (SSSR count). The number of imidazole rings is 1. The lowest BCUT2D eigenvalue weighted by molar-refractivity contribution is -0.136. The lowest BCUT2D eigenvalue weighted by Crippen LogP contribution is -2.38. The molecule has 2 aromatic carbocycles. The van der Waals surface area contributed by atoms with Crippen LogP contribution in [0.3, 0.4) is 0 Å². The monoisotopic (exact) mass is 391 g/mol. The highest BCUT2D eigenvalue weighted by atomic mass is 16.5. The summed E-state index contributed by atoms with van der Waals surface area (Å²) in [4.78, 5) is 19.2. The number of carbonyl (C=O) groups is 1. The van der Waals surface area contributed by atoms with Gasteiger partial charge in [0.05, 0.1) is 19.6 Å². The van der Waals surface area contributed by atoms with E-state index in [1.165, 1.54) is 5.56 Å². The van der Waals surface area contributed by atoms with E-state index >= 15 is 0 Å². The van der Waals surface area contributed by atoms with Crippen molar-refractivity contribution in [3.63, 3.8) is 0 Å². The molecule has 0 aliphatic carbocycles. The van der Waals surface area contributed by atoms with Crippen molar-refractivity contribution in [1.29, 1.82) is 0 Å². The number of ether oxygens (including phenoxy) is 2. The molecule has 1 aliphatic rings. The van der Waals surface area contributed by atoms with Crippen LogP contribution in [0.25, 0.3) is 0 Å². The highest BCUT2D eigenvalue weighted by molar-refractivity contribution is 5.79. The van der Waals surface area contributed by atoms with Crippen LogP contribution in [0.1, 0.15) is 17.0 Å². The Bertz CT molecular complexity index is 984. The first-order valence-corrected chi connectivity index (χ1v) is 9.72. The van der Waals surface area contributed by atoms with Crippen LogP contribution >= 0.6 is 0 Å². The van der Waals surface area contributed by atoms with Gasteiger partial charge in [-0.3, -0.25) is 4.79 Å². The highest BCUT2D eigenvalue weighted by Crippen LogP contribution is 2.31. The number of aromatic nitrogens is 2. The average molecular weight is 391 g/mol. The minimum atomic E-state index is -0.196. The van der Waals surface area contributed by atoms with E-state index in [-0.39, 0.29) is 11.8 Å². The van der Waals surface area contributed by atoms with Crippen LogP contribution in [0.2, 0.25) is 0 Å². The number of rotatable bonds is 6. The SMILES string of the molecule is COc1ccc2c(c1)OC[C@H](C(=O)N(C)Cc1nccn1Cc1ccccc1)C2. The molecule has 0 unspecified atom stereocenters. The maximum Gasteiger partial charge on any atom is 0.229 e. The third kappa shape index (κ3) is 4.26. The zero-order valence-electron chi connectivity index (χ0n) is 16.7. The van der Waals surface area contributed by atoms with Crippen LogP contribution < -0.4 is 9.47 Å². The molecule has 3 aromatic rings. The predicted octanol–water partition coefficient (Wildman–Crippen LogP) is 3.15. The van der Waals surface area contributed by atoms with E-state index in [2.05, 4.69) is 21.7 Å². The van der Waals surface area contributed by atoms with Crippen LogP contribution in [-0.2, 0) is 24.3 Å². The Morgan fingerprint density at radius 1 is 1.28 bits per heavy atom. The fourth-order valence-corrected chi connectivity index (χ4v) is 3.66. The van der Waals surface area contributed by atoms with E-state index in [0.717, 1.165) is 29.4 Å². The number of hydrogen-bond acceptors (Lipinski definition) is 4. The van der Waals surface area contributed by atoms with Gasteiger partial charge < -0.3 is 18.9 Å². The Hall–Kier alpha value is -3.28. The van der Waals surface area contributed by atoms with Gasteiger partial charge >= 0.3 is 0 Å². The van der Waals surface area contributed by atoms with Crippen LogP contribution in [-0.4, -0.2) is 41.1 Å². The topological polar surface area (TPSA) is 56.6 Å². The number of nitrogens with zero attached hydrogens (tertiary/aromatic N) is 3. The Labute approximate surface area is 170 Å². The van der Waals surface area contributed by atoms with Gasteiger partial charge in [0.15, 0.2) is 0 Å². The van der Waals surface area contributed by atoms with Crippen molar-refractivity contribution < 1.29 is 14.3 Å². The Kier molecular flexibility index (Phi) is 5.51. The Morgan fingerprint density at radius 3 is 2.90 bits per heavy atom. The van der Waals surface area contributed by atoms with Crippen molar-refractivity contribution in [3.8, 4) is 11.5 Å². The molecule has 150 valence electrons. The maximum absolute atomic E-state index is 13.0. The summed E-state index contributed by atoms with van der Waals surface area (Å²) in [5, 5.41) is 0. The van der Waals surface area contributed by atoms with Crippen LogP contribution in [0, 0.1) is 5.92 Å². The summed E-state index contributed by atoms with van der Waals surface area (Å²) in [5.74, 6) is 2.30. The number of amides is 1. The zero-order chi connectivity index (χ0) is 20.2. The first-order chi connectivity index (χ1) is 14.1. The van der Waals surface area contributed by atoms with Gasteiger partial charge in [0.25, 0.3) is 0 Å². The van der Waals surface area contributed by atoms with E-state index < -0.39 is 0 Å². The summed E-state index contributed by atoms with van der Waals surface area (Å²) in [5.41, 5.74) is 2.24. The van der Waals surface area contributed by atoms with Gasteiger partial charge in [0.1, 0.15) is 23.9 Å². The lowest BCUT2D eigenvalue weighted by Gasteiger charge is -2.28. The van der Waals surface area contributed by atoms with Crippen molar-refractivity contribution in [3.05, 3.63) is 77.9 Å². The number of hydrogen-bond donors (Lipinski definition) is 0. The molecule has 0 saturated heterocycles. The molecule has 29 heavy (non-hydrogen) atoms. The molecule has 1 aromatic heterocycles. The number of methoxy groups -OCH3 is 1. The van der Waals surface area contributed by atoms with E-state index in [4.69, 9.17) is 9.47 Å². The quantitative estimate of drug-likeness (QED) is 0.648. The first kappa shape index (κ1) is 19.1. The van der Waals surface area contributed by atoms with Crippen LogP contribution in [0.5, 0.6) is 11.5 Å². The molecule has 0 radical (unpaired) electrons. The van der Waals surface area contributed by atoms with Gasteiger partial charge in [0.2, 0.25) is 5.91 Å². The molecule has 2 heterocycles. The van der Waals surface area contributed by atoms with Crippen LogP contribution in [0.4, 0.5) is 0 Å². The summed E-state index contributed by atoms with van der Waals surface area (Å²) in [6, 6.07) is 16.0. The maximum atomic E-state index is 13.0. The summed E-state index contributed by atoms with van der Waals surface area (Å²) >= 11 is 0. The van der Waals surface area contributed by atoms with Crippen molar-refractivity contribution >= 4 is 5.91 Å². The normalized spacial score (nSPS) is 15.3. The fraction of sp³-hybridized carbons (Fsp3) is 0.304. The molecule has 1 amide bonds. The van der Waals surface area contributed by atoms with Gasteiger partial charge in [-0.2, -0.15) is 0 Å². The first-order valence-electron chi connectivity index (χ1n) is 9.72. The fourth-order valence-electron chi connectivity index (χ4n) is 3.66. The highest BCUT2D eigenvalue weighted by Gasteiger charge is 2.29. The lowest BCUT2D eigenvalue weighted by atomic mass is 9.95. The molecule has 1 atom stereocenters. The second kappa shape index (κ2) is 8.39. The molecule has 6 nitrogen and oxygen atoms in total. The van der Waals surface area contributed by atoms with Crippen molar-refractivity contribution in [2.45, 2.75) is 19.5 Å². The molecule has 0 bridgehead atoms. The third-order valence-electron chi connectivity index (χ3n) is 5.28. The third-order valence-corrected chi connectivity index (χ3v) is 5.28. The molecule has 0 fully saturated rings. The Morgan fingerprint density at radius 2 is 2.10 bits per heavy atom. The molecular formula is C23H25N3O3.